The molecule has 0 bridgehead atoms. The van der Waals surface area contributed by atoms with Crippen LogP contribution in [-0.2, 0) is 0 Å². The molecular formula is C15H21BrF3NS. The molecule has 1 aliphatic carbocycles. The van der Waals surface area contributed by atoms with Crippen LogP contribution in [0.4, 0.5) is 13.2 Å². The highest BCUT2D eigenvalue weighted by Gasteiger charge is 2.42. The lowest BCUT2D eigenvalue weighted by molar-refractivity contribution is -0.184. The summed E-state index contributed by atoms with van der Waals surface area (Å²) in [6.45, 7) is 3.00. The zero-order chi connectivity index (χ0) is 15.5. The van der Waals surface area contributed by atoms with Crippen LogP contribution < -0.4 is 5.32 Å². The lowest BCUT2D eigenvalue weighted by atomic mass is 9.77. The smallest absolute Gasteiger partial charge is 0.310 e. The zero-order valence-corrected chi connectivity index (χ0v) is 14.5. The fraction of sp³-hybridized carbons (Fsp3) is 0.733. The molecule has 1 aromatic rings. The van der Waals surface area contributed by atoms with Crippen molar-refractivity contribution in [2.75, 3.05) is 6.54 Å². The van der Waals surface area contributed by atoms with Crippen molar-refractivity contribution in [3.63, 3.8) is 0 Å². The second-order valence-electron chi connectivity index (χ2n) is 5.76. The first kappa shape index (κ1) is 17.3. The number of rotatable bonds is 5. The molecular weight excluding hydrogens is 363 g/mol. The third-order valence-corrected chi connectivity index (χ3v) is 6.05. The van der Waals surface area contributed by atoms with Gasteiger partial charge in [-0.05, 0) is 71.4 Å². The molecule has 0 aliphatic heterocycles. The first-order chi connectivity index (χ1) is 9.93. The highest BCUT2D eigenvalue weighted by Crippen LogP contribution is 2.44. The molecule has 1 N–H and O–H groups in total. The molecule has 0 amide bonds. The Morgan fingerprint density at radius 1 is 1.29 bits per heavy atom. The van der Waals surface area contributed by atoms with Gasteiger partial charge in [0.25, 0.3) is 0 Å². The van der Waals surface area contributed by atoms with Crippen LogP contribution in [0.2, 0.25) is 0 Å². The van der Waals surface area contributed by atoms with Gasteiger partial charge in [0.2, 0.25) is 0 Å². The first-order valence-electron chi connectivity index (χ1n) is 7.45. The van der Waals surface area contributed by atoms with Gasteiger partial charge in [-0.3, -0.25) is 0 Å². The van der Waals surface area contributed by atoms with E-state index >= 15 is 0 Å². The van der Waals surface area contributed by atoms with Crippen LogP contribution in [0.1, 0.15) is 50.6 Å². The molecule has 120 valence electrons. The molecule has 1 heterocycles. The van der Waals surface area contributed by atoms with E-state index in [0.29, 0.717) is 18.8 Å². The van der Waals surface area contributed by atoms with Crippen LogP contribution in [0.3, 0.4) is 0 Å². The van der Waals surface area contributed by atoms with Gasteiger partial charge >= 0.3 is 6.18 Å². The number of halogens is 4. The van der Waals surface area contributed by atoms with Gasteiger partial charge in [0.15, 0.2) is 0 Å². The maximum atomic E-state index is 12.8. The normalized spacial score (nSPS) is 25.0. The van der Waals surface area contributed by atoms with Gasteiger partial charge in [-0.2, -0.15) is 24.5 Å². The van der Waals surface area contributed by atoms with E-state index in [1.54, 1.807) is 11.3 Å². The number of hydrogen-bond donors (Lipinski definition) is 1. The molecule has 6 heteroatoms. The molecule has 0 saturated heterocycles. The van der Waals surface area contributed by atoms with Crippen molar-refractivity contribution in [2.24, 2.45) is 11.8 Å². The largest absolute Gasteiger partial charge is 0.391 e. The topological polar surface area (TPSA) is 12.0 Å². The van der Waals surface area contributed by atoms with Gasteiger partial charge in [0, 0.05) is 15.9 Å². The number of hydrogen-bond acceptors (Lipinski definition) is 2. The number of thiophene rings is 1. The summed E-state index contributed by atoms with van der Waals surface area (Å²) in [7, 11) is 0. The summed E-state index contributed by atoms with van der Waals surface area (Å²) < 4.78 is 39.4. The molecule has 0 radical (unpaired) electrons. The van der Waals surface area contributed by atoms with Gasteiger partial charge in [0.1, 0.15) is 0 Å². The first-order valence-corrected chi connectivity index (χ1v) is 9.18. The summed E-state index contributed by atoms with van der Waals surface area (Å²) in [5, 5.41) is 7.67. The Balaban J connectivity index is 2.04. The summed E-state index contributed by atoms with van der Waals surface area (Å²) in [6.07, 6.45) is -1.18. The molecule has 1 atom stereocenters. The molecule has 0 aromatic carbocycles. The standard InChI is InChI=1S/C15H21BrF3NS/c1-2-7-20-14(12-8-21-9-13(12)16)10-3-5-11(6-4-10)15(17,18)19/h8-11,14,20H,2-7H2,1H3. The van der Waals surface area contributed by atoms with Crippen LogP contribution in [0.15, 0.2) is 15.2 Å². The van der Waals surface area contributed by atoms with Crippen molar-refractivity contribution < 1.29 is 13.2 Å². The third kappa shape index (κ3) is 4.45. The molecule has 1 nitrogen and oxygen atoms in total. The second kappa shape index (κ2) is 7.47. The average Bonchev–Trinajstić information content (AvgIpc) is 2.85. The average molecular weight is 384 g/mol. The molecule has 21 heavy (non-hydrogen) atoms. The Labute approximate surface area is 136 Å². The fourth-order valence-electron chi connectivity index (χ4n) is 3.12. The lowest BCUT2D eigenvalue weighted by Crippen LogP contribution is -2.34. The summed E-state index contributed by atoms with van der Waals surface area (Å²) >= 11 is 5.19. The van der Waals surface area contributed by atoms with E-state index in [-0.39, 0.29) is 18.9 Å². The van der Waals surface area contributed by atoms with Crippen molar-refractivity contribution >= 4 is 27.3 Å². The highest BCUT2D eigenvalue weighted by molar-refractivity contribution is 9.10. The Morgan fingerprint density at radius 3 is 2.43 bits per heavy atom. The third-order valence-electron chi connectivity index (χ3n) is 4.30. The van der Waals surface area contributed by atoms with Gasteiger partial charge in [0.05, 0.1) is 5.92 Å². The second-order valence-corrected chi connectivity index (χ2v) is 7.36. The zero-order valence-electron chi connectivity index (χ0n) is 12.0. The molecule has 1 aliphatic rings. The van der Waals surface area contributed by atoms with E-state index in [2.05, 4.69) is 33.6 Å². The molecule has 0 spiro atoms. The number of alkyl halides is 3. The van der Waals surface area contributed by atoms with E-state index in [1.165, 1.54) is 5.56 Å². The van der Waals surface area contributed by atoms with E-state index in [0.717, 1.165) is 17.4 Å². The summed E-state index contributed by atoms with van der Waals surface area (Å²) in [6, 6.07) is 0.166. The van der Waals surface area contributed by atoms with Crippen LogP contribution >= 0.6 is 27.3 Å². The van der Waals surface area contributed by atoms with Gasteiger partial charge in [-0.25, -0.2) is 0 Å². The SMILES string of the molecule is CCCNC(c1cscc1Br)C1CCC(C(F)(F)F)CC1. The van der Waals surface area contributed by atoms with Crippen molar-refractivity contribution in [1.82, 2.24) is 5.32 Å². The maximum Gasteiger partial charge on any atom is 0.391 e. The molecule has 2 rings (SSSR count). The van der Waals surface area contributed by atoms with Crippen LogP contribution in [0, 0.1) is 11.8 Å². The van der Waals surface area contributed by atoms with Crippen molar-refractivity contribution in [1.29, 1.82) is 0 Å². The van der Waals surface area contributed by atoms with Gasteiger partial charge in [-0.1, -0.05) is 6.92 Å². The van der Waals surface area contributed by atoms with Gasteiger partial charge in [-0.15, -0.1) is 0 Å². The maximum absolute atomic E-state index is 12.8. The Bertz CT molecular complexity index is 438. The van der Waals surface area contributed by atoms with Crippen LogP contribution in [-0.4, -0.2) is 12.7 Å². The van der Waals surface area contributed by atoms with E-state index in [1.807, 2.05) is 5.38 Å². The van der Waals surface area contributed by atoms with Crippen molar-refractivity contribution in [3.05, 3.63) is 20.8 Å². The molecule has 1 aromatic heterocycles. The minimum Gasteiger partial charge on any atom is -0.310 e. The Morgan fingerprint density at radius 2 is 1.95 bits per heavy atom. The van der Waals surface area contributed by atoms with Crippen LogP contribution in [0.5, 0.6) is 0 Å². The summed E-state index contributed by atoms with van der Waals surface area (Å²) in [5.74, 6) is -0.812. The number of nitrogens with one attached hydrogen (secondary N) is 1. The highest BCUT2D eigenvalue weighted by atomic mass is 79.9. The monoisotopic (exact) mass is 383 g/mol. The molecule has 1 fully saturated rings. The van der Waals surface area contributed by atoms with Crippen molar-refractivity contribution in [2.45, 2.75) is 51.2 Å². The van der Waals surface area contributed by atoms with Crippen LogP contribution in [0.25, 0.3) is 0 Å². The minimum absolute atomic E-state index is 0.166. The van der Waals surface area contributed by atoms with Crippen molar-refractivity contribution in [3.8, 4) is 0 Å². The van der Waals surface area contributed by atoms with E-state index in [9.17, 15) is 13.2 Å². The predicted molar refractivity (Wildman–Crippen MR) is 84.6 cm³/mol. The van der Waals surface area contributed by atoms with E-state index in [4.69, 9.17) is 0 Å². The Kier molecular flexibility index (Phi) is 6.15. The summed E-state index contributed by atoms with van der Waals surface area (Å²) in [4.78, 5) is 0. The van der Waals surface area contributed by atoms with E-state index < -0.39 is 12.1 Å². The molecule has 1 unspecified atom stereocenters. The lowest BCUT2D eigenvalue weighted by Gasteiger charge is -2.35. The Hall–Kier alpha value is -0.0700. The summed E-state index contributed by atoms with van der Waals surface area (Å²) in [5.41, 5.74) is 1.20. The predicted octanol–water partition coefficient (Wildman–Crippen LogP) is 5.92. The minimum atomic E-state index is -4.03. The quantitative estimate of drug-likeness (QED) is 0.665. The van der Waals surface area contributed by atoms with Gasteiger partial charge < -0.3 is 5.32 Å². The fourth-order valence-corrected chi connectivity index (χ4v) is 4.70. The molecule has 1 saturated carbocycles.